The van der Waals surface area contributed by atoms with Gasteiger partial charge < -0.3 is 4.42 Å². The van der Waals surface area contributed by atoms with Crippen molar-refractivity contribution in [1.82, 2.24) is 4.98 Å². The summed E-state index contributed by atoms with van der Waals surface area (Å²) in [5, 5.41) is 0. The van der Waals surface area contributed by atoms with Gasteiger partial charge in [0.1, 0.15) is 19.6 Å². The van der Waals surface area contributed by atoms with Crippen molar-refractivity contribution in [2.24, 2.45) is 0 Å². The Morgan fingerprint density at radius 2 is 1.75 bits per heavy atom. The summed E-state index contributed by atoms with van der Waals surface area (Å²) in [6, 6.07) is 8.13. The second-order valence-corrected chi connectivity index (χ2v) is 4.53. The highest BCUT2D eigenvalue weighted by Gasteiger charge is 2.45. The minimum Gasteiger partial charge on any atom is -0.423 e. The van der Waals surface area contributed by atoms with E-state index in [-0.39, 0.29) is 5.69 Å². The van der Waals surface area contributed by atoms with E-state index in [4.69, 9.17) is 0 Å². The van der Waals surface area contributed by atoms with E-state index < -0.39 is 37.5 Å². The second kappa shape index (κ2) is 6.07. The predicted molar refractivity (Wildman–Crippen MR) is 65.2 cm³/mol. The summed E-state index contributed by atoms with van der Waals surface area (Å²) in [6.07, 6.45) is -0.364. The Kier molecular flexibility index (Phi) is 4.42. The maximum atomic E-state index is 13.5. The van der Waals surface area contributed by atoms with Gasteiger partial charge in [-0.1, -0.05) is 30.3 Å². The van der Waals surface area contributed by atoms with E-state index in [1.54, 1.807) is 30.3 Å². The molecule has 0 fully saturated rings. The van der Waals surface area contributed by atoms with E-state index in [1.807, 2.05) is 0 Å². The first kappa shape index (κ1) is 14.6. The van der Waals surface area contributed by atoms with Gasteiger partial charge >= 0.3 is 6.14 Å². The van der Waals surface area contributed by atoms with Gasteiger partial charge in [-0.05, 0) is 5.56 Å². The first-order valence-electron chi connectivity index (χ1n) is 6.02. The van der Waals surface area contributed by atoms with Gasteiger partial charge in [0.15, 0.2) is 0 Å². The molecule has 0 aliphatic heterocycles. The molecule has 2 rings (SSSR count). The zero-order chi connectivity index (χ0) is 14.6. The normalized spacial score (nSPS) is 13.4. The Hall–Kier alpha value is -1.85. The number of aromatic nitrogens is 1. The molecular formula is C14H13F4NO. The second-order valence-electron chi connectivity index (χ2n) is 4.53. The summed E-state index contributed by atoms with van der Waals surface area (Å²) in [5.74, 6) is -1.11. The van der Waals surface area contributed by atoms with Crippen LogP contribution in [-0.2, 0) is 5.41 Å². The molecule has 0 bridgehead atoms. The van der Waals surface area contributed by atoms with Crippen molar-refractivity contribution in [2.45, 2.75) is 11.3 Å². The van der Waals surface area contributed by atoms with Gasteiger partial charge in [-0.3, -0.25) is 4.39 Å². The molecular weight excluding hydrogens is 274 g/mol. The van der Waals surface area contributed by atoms with E-state index >= 15 is 0 Å². The Bertz CT molecular complexity index is 539. The van der Waals surface area contributed by atoms with Crippen LogP contribution in [0.3, 0.4) is 0 Å². The standard InChI is InChI=1S/C14H13F4NO/c15-6-11(10-4-2-1-3-5-10)14(8-16,9-17)12-7-20-13(18)19-12/h1-5,7,11H,6,8-9H2. The van der Waals surface area contributed by atoms with Crippen LogP contribution in [0.15, 0.2) is 41.0 Å². The fraction of sp³-hybridized carbons (Fsp3) is 0.357. The number of hydrogen-bond donors (Lipinski definition) is 0. The predicted octanol–water partition coefficient (Wildman–Crippen LogP) is 3.74. The molecule has 0 N–H and O–H groups in total. The van der Waals surface area contributed by atoms with E-state index in [0.29, 0.717) is 5.56 Å². The van der Waals surface area contributed by atoms with Crippen LogP contribution in [0.5, 0.6) is 0 Å². The van der Waals surface area contributed by atoms with Crippen molar-refractivity contribution in [2.75, 3.05) is 20.0 Å². The maximum absolute atomic E-state index is 13.5. The summed E-state index contributed by atoms with van der Waals surface area (Å²) >= 11 is 0. The molecule has 2 nitrogen and oxygen atoms in total. The molecule has 1 heterocycles. The molecule has 20 heavy (non-hydrogen) atoms. The Balaban J connectivity index is 2.50. The smallest absolute Gasteiger partial charge is 0.381 e. The number of halogens is 4. The molecule has 1 atom stereocenters. The Labute approximate surface area is 113 Å². The fourth-order valence-corrected chi connectivity index (χ4v) is 2.26. The molecule has 0 saturated heterocycles. The number of nitrogens with zero attached hydrogens (tertiary/aromatic N) is 1. The minimum atomic E-state index is -1.88. The molecule has 0 amide bonds. The van der Waals surface area contributed by atoms with Crippen LogP contribution in [-0.4, -0.2) is 25.0 Å². The highest BCUT2D eigenvalue weighted by atomic mass is 19.1. The molecule has 0 spiro atoms. The van der Waals surface area contributed by atoms with Crippen LogP contribution in [0.25, 0.3) is 0 Å². The Morgan fingerprint density at radius 3 is 2.20 bits per heavy atom. The van der Waals surface area contributed by atoms with Gasteiger partial charge in [0, 0.05) is 5.92 Å². The summed E-state index contributed by atoms with van der Waals surface area (Å²) in [5.41, 5.74) is -1.72. The van der Waals surface area contributed by atoms with E-state index in [9.17, 15) is 17.6 Å². The quantitative estimate of drug-likeness (QED) is 0.756. The highest BCUT2D eigenvalue weighted by Crippen LogP contribution is 2.40. The van der Waals surface area contributed by atoms with Crippen LogP contribution < -0.4 is 0 Å². The Morgan fingerprint density at radius 1 is 1.10 bits per heavy atom. The summed E-state index contributed by atoms with van der Waals surface area (Å²) < 4.78 is 57.7. The van der Waals surface area contributed by atoms with Crippen molar-refractivity contribution in [3.63, 3.8) is 0 Å². The number of benzene rings is 1. The van der Waals surface area contributed by atoms with Crippen LogP contribution >= 0.6 is 0 Å². The van der Waals surface area contributed by atoms with E-state index in [1.165, 1.54) is 0 Å². The lowest BCUT2D eigenvalue weighted by Gasteiger charge is -2.33. The first-order chi connectivity index (χ1) is 9.67. The largest absolute Gasteiger partial charge is 0.423 e. The number of alkyl halides is 3. The van der Waals surface area contributed by atoms with Crippen LogP contribution in [0.1, 0.15) is 17.2 Å². The molecule has 0 saturated carbocycles. The number of hydrogen-bond acceptors (Lipinski definition) is 2. The van der Waals surface area contributed by atoms with Crippen LogP contribution in [0.4, 0.5) is 17.6 Å². The van der Waals surface area contributed by atoms with Crippen molar-refractivity contribution in [1.29, 1.82) is 0 Å². The lowest BCUT2D eigenvalue weighted by Crippen LogP contribution is -2.40. The molecule has 1 unspecified atom stereocenters. The molecule has 108 valence electrons. The van der Waals surface area contributed by atoms with Crippen LogP contribution in [0.2, 0.25) is 0 Å². The fourth-order valence-electron chi connectivity index (χ4n) is 2.26. The third-order valence-corrected chi connectivity index (χ3v) is 3.49. The van der Waals surface area contributed by atoms with Crippen LogP contribution in [0, 0.1) is 6.14 Å². The van der Waals surface area contributed by atoms with Gasteiger partial charge in [0.2, 0.25) is 0 Å². The first-order valence-corrected chi connectivity index (χ1v) is 6.02. The minimum absolute atomic E-state index is 0.258. The molecule has 0 aliphatic rings. The topological polar surface area (TPSA) is 26.0 Å². The van der Waals surface area contributed by atoms with Crippen molar-refractivity contribution >= 4 is 0 Å². The van der Waals surface area contributed by atoms with Gasteiger partial charge in [-0.15, -0.1) is 4.39 Å². The summed E-state index contributed by atoms with van der Waals surface area (Å²) in [7, 11) is 0. The highest BCUT2D eigenvalue weighted by molar-refractivity contribution is 5.30. The summed E-state index contributed by atoms with van der Waals surface area (Å²) in [6.45, 7) is -3.41. The van der Waals surface area contributed by atoms with Gasteiger partial charge in [0.25, 0.3) is 0 Å². The lowest BCUT2D eigenvalue weighted by molar-refractivity contribution is 0.174. The lowest BCUT2D eigenvalue weighted by atomic mass is 9.72. The SMILES string of the molecule is FCC(c1ccccc1)C(CF)(CF)c1coc(F)n1. The number of oxazole rings is 1. The van der Waals surface area contributed by atoms with E-state index in [2.05, 4.69) is 9.40 Å². The zero-order valence-corrected chi connectivity index (χ0v) is 10.5. The van der Waals surface area contributed by atoms with E-state index in [0.717, 1.165) is 6.26 Å². The molecule has 0 radical (unpaired) electrons. The van der Waals surface area contributed by atoms with Crippen molar-refractivity contribution in [3.05, 3.63) is 54.0 Å². The third kappa shape index (κ3) is 2.42. The summed E-state index contributed by atoms with van der Waals surface area (Å²) in [4.78, 5) is 3.34. The average Bonchev–Trinajstić information content (AvgIpc) is 2.92. The maximum Gasteiger partial charge on any atom is 0.381 e. The molecule has 1 aromatic carbocycles. The van der Waals surface area contributed by atoms with Crippen molar-refractivity contribution < 1.29 is 22.0 Å². The molecule has 2 aromatic rings. The van der Waals surface area contributed by atoms with Gasteiger partial charge in [-0.25, -0.2) is 8.78 Å². The third-order valence-electron chi connectivity index (χ3n) is 3.49. The monoisotopic (exact) mass is 287 g/mol. The number of rotatable bonds is 6. The van der Waals surface area contributed by atoms with Gasteiger partial charge in [-0.2, -0.15) is 4.98 Å². The molecule has 6 heteroatoms. The van der Waals surface area contributed by atoms with Crippen molar-refractivity contribution in [3.8, 4) is 0 Å². The zero-order valence-electron chi connectivity index (χ0n) is 10.5. The van der Waals surface area contributed by atoms with Gasteiger partial charge in [0.05, 0.1) is 17.8 Å². The molecule has 1 aromatic heterocycles. The average molecular weight is 287 g/mol. The molecule has 0 aliphatic carbocycles.